The zero-order chi connectivity index (χ0) is 17.5. The number of methoxy groups -OCH3 is 1. The monoisotopic (exact) mass is 348 g/mol. The molecular weight excluding hydrogens is 324 g/mol. The zero-order valence-corrected chi connectivity index (χ0v) is 15.1. The lowest BCUT2D eigenvalue weighted by Crippen LogP contribution is -2.33. The van der Waals surface area contributed by atoms with E-state index in [0.717, 1.165) is 30.3 Å². The highest BCUT2D eigenvalue weighted by atomic mass is 32.1. The second-order valence-electron chi connectivity index (χ2n) is 5.70. The van der Waals surface area contributed by atoms with Gasteiger partial charge in [-0.1, -0.05) is 31.5 Å². The molecule has 2 aromatic rings. The highest BCUT2D eigenvalue weighted by Gasteiger charge is 2.16. The first-order valence-corrected chi connectivity index (χ1v) is 8.50. The van der Waals surface area contributed by atoms with Crippen molar-refractivity contribution in [3.63, 3.8) is 0 Å². The number of hydrogen-bond acceptors (Lipinski definition) is 4. The second-order valence-corrected chi connectivity index (χ2v) is 6.09. The summed E-state index contributed by atoms with van der Waals surface area (Å²) in [7, 11) is 1.63. The topological polar surface area (TPSA) is 71.1 Å². The van der Waals surface area contributed by atoms with Crippen LogP contribution in [0.4, 0.5) is 5.69 Å². The molecule has 24 heavy (non-hydrogen) atoms. The number of benzene rings is 1. The first kappa shape index (κ1) is 18.4. The molecule has 1 aromatic carbocycles. The van der Waals surface area contributed by atoms with Gasteiger partial charge in [0.25, 0.3) is 0 Å². The van der Waals surface area contributed by atoms with Gasteiger partial charge in [-0.3, -0.25) is 0 Å². The molecule has 0 aliphatic heterocycles. The highest BCUT2D eigenvalue weighted by Crippen LogP contribution is 2.38. The van der Waals surface area contributed by atoms with Gasteiger partial charge in [0.15, 0.2) is 5.69 Å². The van der Waals surface area contributed by atoms with Crippen molar-refractivity contribution in [3.05, 3.63) is 24.3 Å². The predicted octanol–water partition coefficient (Wildman–Crippen LogP) is 4.14. The van der Waals surface area contributed by atoms with Gasteiger partial charge in [0.2, 0.25) is 11.0 Å². The summed E-state index contributed by atoms with van der Waals surface area (Å²) in [5.41, 5.74) is 1.40. The lowest BCUT2D eigenvalue weighted by atomic mass is 10.2. The summed E-state index contributed by atoms with van der Waals surface area (Å²) in [6.45, 7) is 5.33. The Morgan fingerprint density at radius 2 is 2.17 bits per heavy atom. The number of aryl methyl sites for hydroxylation is 1. The first-order chi connectivity index (χ1) is 11.6. The van der Waals surface area contributed by atoms with Gasteiger partial charge in [0, 0.05) is 25.1 Å². The van der Waals surface area contributed by atoms with Crippen LogP contribution >= 0.6 is 12.2 Å². The molecular formula is C17H24N4O2S. The van der Waals surface area contributed by atoms with Crippen LogP contribution in [0.3, 0.4) is 0 Å². The summed E-state index contributed by atoms with van der Waals surface area (Å²) in [4.78, 5) is 0. The number of ether oxygens (including phenoxy) is 1. The smallest absolute Gasteiger partial charge is 0.220 e. The first-order valence-electron chi connectivity index (χ1n) is 8.09. The maximum atomic E-state index is 10.5. The summed E-state index contributed by atoms with van der Waals surface area (Å²) in [6, 6.07) is 7.81. The van der Waals surface area contributed by atoms with E-state index >= 15 is 0 Å². The summed E-state index contributed by atoms with van der Waals surface area (Å²) >= 11 is 5.17. The van der Waals surface area contributed by atoms with Crippen molar-refractivity contribution in [3.8, 4) is 5.88 Å². The number of hydrogen-bond donors (Lipinski definition) is 2. The van der Waals surface area contributed by atoms with E-state index in [9.17, 15) is 5.11 Å². The fourth-order valence-corrected chi connectivity index (χ4v) is 2.78. The van der Waals surface area contributed by atoms with E-state index in [0.29, 0.717) is 12.3 Å². The lowest BCUT2D eigenvalue weighted by Gasteiger charge is -2.11. The molecule has 1 atom stereocenters. The minimum Gasteiger partial charge on any atom is -0.493 e. The second kappa shape index (κ2) is 8.75. The van der Waals surface area contributed by atoms with E-state index in [2.05, 4.69) is 22.5 Å². The van der Waals surface area contributed by atoms with E-state index in [1.54, 1.807) is 7.11 Å². The van der Waals surface area contributed by atoms with Crippen LogP contribution in [0.1, 0.15) is 26.7 Å². The van der Waals surface area contributed by atoms with Crippen LogP contribution in [0.15, 0.2) is 34.5 Å². The highest BCUT2D eigenvalue weighted by molar-refractivity contribution is 7.80. The van der Waals surface area contributed by atoms with Crippen LogP contribution in [0.5, 0.6) is 5.88 Å². The average molecular weight is 348 g/mol. The van der Waals surface area contributed by atoms with Crippen molar-refractivity contribution in [2.75, 3.05) is 13.7 Å². The summed E-state index contributed by atoms with van der Waals surface area (Å²) in [6.07, 6.45) is 2.03. The molecule has 2 rings (SSSR count). The maximum absolute atomic E-state index is 10.5. The zero-order valence-electron chi connectivity index (χ0n) is 14.3. The van der Waals surface area contributed by atoms with Gasteiger partial charge in [-0.15, -0.1) is 10.2 Å². The van der Waals surface area contributed by atoms with Crippen molar-refractivity contribution in [1.82, 2.24) is 9.88 Å². The molecule has 0 radical (unpaired) electrons. The Hall–Kier alpha value is -1.99. The fourth-order valence-electron chi connectivity index (χ4n) is 2.54. The van der Waals surface area contributed by atoms with Crippen molar-refractivity contribution in [2.45, 2.75) is 39.3 Å². The van der Waals surface area contributed by atoms with Gasteiger partial charge in [-0.25, -0.2) is 0 Å². The van der Waals surface area contributed by atoms with Crippen molar-refractivity contribution < 1.29 is 9.84 Å². The van der Waals surface area contributed by atoms with E-state index < -0.39 is 0 Å². The number of unbranched alkanes of at least 4 members (excludes halogenated alkanes) is 1. The molecule has 0 fully saturated rings. The molecule has 0 aliphatic rings. The number of fused-ring (bicyclic) bond motifs is 1. The number of nitrogens with one attached hydrogen (secondary N) is 1. The largest absolute Gasteiger partial charge is 0.493 e. The van der Waals surface area contributed by atoms with Crippen LogP contribution in [-0.2, 0) is 11.3 Å². The number of nitrogens with zero attached hydrogens (tertiary/aromatic N) is 3. The molecule has 1 aromatic heterocycles. The molecule has 0 saturated carbocycles. The number of rotatable bonds is 7. The Morgan fingerprint density at radius 3 is 2.88 bits per heavy atom. The summed E-state index contributed by atoms with van der Waals surface area (Å²) < 4.78 is 6.92. The predicted molar refractivity (Wildman–Crippen MR) is 100 cm³/mol. The van der Waals surface area contributed by atoms with Gasteiger partial charge in [-0.05, 0) is 31.6 Å². The molecule has 6 nitrogen and oxygen atoms in total. The third-order valence-electron chi connectivity index (χ3n) is 3.68. The van der Waals surface area contributed by atoms with Crippen LogP contribution in [-0.4, -0.2) is 34.5 Å². The third kappa shape index (κ3) is 4.30. The Morgan fingerprint density at radius 1 is 1.42 bits per heavy atom. The number of para-hydroxylation sites is 1. The Balaban J connectivity index is 2.26. The fraction of sp³-hybridized carbons (Fsp3) is 0.471. The lowest BCUT2D eigenvalue weighted by molar-refractivity contribution is 0.179. The Bertz CT molecular complexity index is 727. The van der Waals surface area contributed by atoms with E-state index in [1.165, 1.54) is 0 Å². The Kier molecular flexibility index (Phi) is 6.69. The molecule has 0 bridgehead atoms. The molecule has 2 N–H and O–H groups in total. The number of azo groups is 1. The van der Waals surface area contributed by atoms with Gasteiger partial charge >= 0.3 is 0 Å². The Labute approximate surface area is 147 Å². The molecule has 1 heterocycles. The number of aromatic nitrogens is 1. The SMILES string of the molecule is CCCCn1c(O)c(N=NC(=S)N[C@@H](C)COC)c2ccccc21. The van der Waals surface area contributed by atoms with Crippen molar-refractivity contribution in [1.29, 1.82) is 0 Å². The van der Waals surface area contributed by atoms with E-state index in [4.69, 9.17) is 17.0 Å². The molecule has 130 valence electrons. The van der Waals surface area contributed by atoms with Crippen LogP contribution in [0.25, 0.3) is 10.9 Å². The van der Waals surface area contributed by atoms with E-state index in [-0.39, 0.29) is 17.0 Å². The van der Waals surface area contributed by atoms with E-state index in [1.807, 2.05) is 35.8 Å². The standard InChI is InChI=1S/C17H24N4O2S/c1-4-5-10-21-14-9-7-6-8-13(14)15(16(21)22)19-20-17(24)18-12(2)11-23-3/h6-9,12,22H,4-5,10-11H2,1-3H3,(H,18,24)/t12-/m0/s1. The third-order valence-corrected chi connectivity index (χ3v) is 3.88. The molecule has 7 heteroatoms. The van der Waals surface area contributed by atoms with Crippen LogP contribution in [0, 0.1) is 0 Å². The van der Waals surface area contributed by atoms with Crippen LogP contribution in [0.2, 0.25) is 0 Å². The molecule has 0 aliphatic carbocycles. The average Bonchev–Trinajstić information content (AvgIpc) is 2.82. The van der Waals surface area contributed by atoms with Crippen molar-refractivity contribution in [2.24, 2.45) is 10.2 Å². The maximum Gasteiger partial charge on any atom is 0.220 e. The van der Waals surface area contributed by atoms with Gasteiger partial charge in [0.1, 0.15) is 0 Å². The van der Waals surface area contributed by atoms with Crippen LogP contribution < -0.4 is 5.32 Å². The summed E-state index contributed by atoms with van der Waals surface area (Å²) in [5, 5.41) is 22.9. The molecule has 0 spiro atoms. The van der Waals surface area contributed by atoms with Gasteiger partial charge in [-0.2, -0.15) is 0 Å². The van der Waals surface area contributed by atoms with Crippen molar-refractivity contribution >= 4 is 33.9 Å². The van der Waals surface area contributed by atoms with Gasteiger partial charge < -0.3 is 19.7 Å². The molecule has 0 amide bonds. The normalized spacial score (nSPS) is 12.8. The minimum atomic E-state index is 0.0425. The minimum absolute atomic E-state index is 0.0425. The number of thiocarbonyl (C=S) groups is 1. The summed E-state index contributed by atoms with van der Waals surface area (Å²) in [5.74, 6) is 0.126. The molecule has 0 unspecified atom stereocenters. The number of aromatic hydroxyl groups is 1. The quantitative estimate of drug-likeness (QED) is 0.583. The van der Waals surface area contributed by atoms with Gasteiger partial charge in [0.05, 0.1) is 12.1 Å². The molecule has 0 saturated heterocycles.